The fourth-order valence-corrected chi connectivity index (χ4v) is 4.22. The third kappa shape index (κ3) is 3.46. The van der Waals surface area contributed by atoms with Crippen LogP contribution in [0.5, 0.6) is 0 Å². The minimum absolute atomic E-state index is 0.853. The molecule has 0 atom stereocenters. The summed E-state index contributed by atoms with van der Waals surface area (Å²) in [5.74, 6) is 2.99. The number of aromatic nitrogens is 4. The van der Waals surface area contributed by atoms with Gasteiger partial charge in [-0.3, -0.25) is 0 Å². The van der Waals surface area contributed by atoms with E-state index >= 15 is 0 Å². The number of nitrogens with zero attached hydrogens (tertiary/aromatic N) is 4. The Labute approximate surface area is 113 Å². The zero-order valence-electron chi connectivity index (χ0n) is 9.79. The van der Waals surface area contributed by atoms with Gasteiger partial charge in [0.1, 0.15) is 5.82 Å². The quantitative estimate of drug-likeness (QED) is 0.763. The van der Waals surface area contributed by atoms with Crippen LogP contribution < -0.4 is 0 Å². The van der Waals surface area contributed by atoms with Crippen LogP contribution in [0.25, 0.3) is 0 Å². The average Bonchev–Trinajstić information content (AvgIpc) is 2.95. The molecule has 0 unspecified atom stereocenters. The topological polar surface area (TPSA) is 43.6 Å². The molecule has 0 aliphatic heterocycles. The molecule has 0 saturated heterocycles. The normalized spacial score (nSPS) is 10.9. The summed E-state index contributed by atoms with van der Waals surface area (Å²) in [5.41, 5.74) is 0. The van der Waals surface area contributed by atoms with E-state index in [1.165, 1.54) is 0 Å². The van der Waals surface area contributed by atoms with Gasteiger partial charge in [0.05, 0.1) is 5.75 Å². The molecule has 2 aromatic rings. The van der Waals surface area contributed by atoms with Gasteiger partial charge in [-0.2, -0.15) is 0 Å². The Morgan fingerprint density at radius 1 is 1.24 bits per heavy atom. The number of thioether (sulfide) groups is 2. The van der Waals surface area contributed by atoms with E-state index in [9.17, 15) is 0 Å². The molecule has 0 fully saturated rings. The van der Waals surface area contributed by atoms with Gasteiger partial charge in [-0.1, -0.05) is 41.8 Å². The minimum Gasteiger partial charge on any atom is -0.335 e. The lowest BCUT2D eigenvalue weighted by atomic mass is 10.6. The molecule has 17 heavy (non-hydrogen) atoms. The monoisotopic (exact) mass is 286 g/mol. The lowest BCUT2D eigenvalue weighted by Crippen LogP contribution is -1.98. The molecule has 0 amide bonds. The third-order valence-electron chi connectivity index (χ3n) is 2.12. The van der Waals surface area contributed by atoms with E-state index in [4.69, 9.17) is 0 Å². The Balaban J connectivity index is 1.93. The molecule has 0 radical (unpaired) electrons. The molecule has 0 bridgehead atoms. The van der Waals surface area contributed by atoms with Crippen molar-refractivity contribution >= 4 is 34.9 Å². The molecule has 0 spiro atoms. The molecule has 2 aromatic heterocycles. The SMILES string of the molecule is CCSc1nnc(SCc2nccn2CC)s1. The van der Waals surface area contributed by atoms with Crippen molar-refractivity contribution in [3.63, 3.8) is 0 Å². The molecule has 0 aromatic carbocycles. The van der Waals surface area contributed by atoms with Gasteiger partial charge in [0.25, 0.3) is 0 Å². The van der Waals surface area contributed by atoms with Crippen LogP contribution in [0.2, 0.25) is 0 Å². The van der Waals surface area contributed by atoms with Crippen molar-refractivity contribution in [3.05, 3.63) is 18.2 Å². The second-order valence-corrected chi connectivity index (χ2v) is 6.90. The summed E-state index contributed by atoms with van der Waals surface area (Å²) in [7, 11) is 0. The predicted molar refractivity (Wildman–Crippen MR) is 73.8 cm³/mol. The fourth-order valence-electron chi connectivity index (χ4n) is 1.33. The molecule has 0 aliphatic carbocycles. The first kappa shape index (κ1) is 12.9. The minimum atomic E-state index is 0.853. The molecule has 2 rings (SSSR count). The third-order valence-corrected chi connectivity index (χ3v) is 5.19. The number of aryl methyl sites for hydroxylation is 1. The summed E-state index contributed by atoms with van der Waals surface area (Å²) < 4.78 is 4.22. The molecule has 4 nitrogen and oxygen atoms in total. The summed E-state index contributed by atoms with van der Waals surface area (Å²) in [6.45, 7) is 5.21. The molecular formula is C10H14N4S3. The van der Waals surface area contributed by atoms with E-state index in [2.05, 4.69) is 33.6 Å². The highest BCUT2D eigenvalue weighted by Crippen LogP contribution is 2.30. The maximum atomic E-state index is 4.34. The first-order valence-corrected chi connectivity index (χ1v) is 8.21. The van der Waals surface area contributed by atoms with E-state index in [1.54, 1.807) is 34.9 Å². The van der Waals surface area contributed by atoms with Crippen molar-refractivity contribution in [2.75, 3.05) is 5.75 Å². The second kappa shape index (κ2) is 6.42. The van der Waals surface area contributed by atoms with Crippen molar-refractivity contribution in [1.29, 1.82) is 0 Å². The molecule has 0 aliphatic rings. The zero-order chi connectivity index (χ0) is 12.1. The van der Waals surface area contributed by atoms with E-state index in [-0.39, 0.29) is 0 Å². The van der Waals surface area contributed by atoms with Crippen molar-refractivity contribution in [2.24, 2.45) is 0 Å². The Bertz CT molecular complexity index is 466. The van der Waals surface area contributed by atoms with Crippen LogP contribution in [-0.2, 0) is 12.3 Å². The smallest absolute Gasteiger partial charge is 0.175 e. The molecule has 0 N–H and O–H groups in total. The number of rotatable bonds is 6. The zero-order valence-corrected chi connectivity index (χ0v) is 12.2. The van der Waals surface area contributed by atoms with E-state index in [0.717, 1.165) is 32.6 Å². The summed E-state index contributed by atoms with van der Waals surface area (Å²) in [5, 5.41) is 8.30. The molecule has 0 saturated carbocycles. The van der Waals surface area contributed by atoms with Gasteiger partial charge in [-0.05, 0) is 12.7 Å². The Morgan fingerprint density at radius 3 is 2.71 bits per heavy atom. The summed E-state index contributed by atoms with van der Waals surface area (Å²) in [4.78, 5) is 4.34. The standard InChI is InChI=1S/C10H14N4S3/c1-3-14-6-5-11-8(14)7-16-10-13-12-9(17-10)15-4-2/h5-6H,3-4,7H2,1-2H3. The average molecular weight is 286 g/mol. The van der Waals surface area contributed by atoms with Gasteiger partial charge < -0.3 is 4.57 Å². The number of imidazole rings is 1. The van der Waals surface area contributed by atoms with Crippen LogP contribution in [0.4, 0.5) is 0 Å². The summed E-state index contributed by atoms with van der Waals surface area (Å²) in [6.07, 6.45) is 3.85. The maximum absolute atomic E-state index is 4.34. The van der Waals surface area contributed by atoms with Gasteiger partial charge in [0.15, 0.2) is 8.68 Å². The van der Waals surface area contributed by atoms with E-state index in [1.807, 2.05) is 12.4 Å². The second-order valence-electron chi connectivity index (χ2n) is 3.19. The van der Waals surface area contributed by atoms with Crippen LogP contribution in [0.15, 0.2) is 21.1 Å². The van der Waals surface area contributed by atoms with Crippen molar-refractivity contribution < 1.29 is 0 Å². The highest BCUT2D eigenvalue weighted by molar-refractivity contribution is 8.02. The maximum Gasteiger partial charge on any atom is 0.175 e. The van der Waals surface area contributed by atoms with Crippen LogP contribution >= 0.6 is 34.9 Å². The fraction of sp³-hybridized carbons (Fsp3) is 0.500. The first-order valence-electron chi connectivity index (χ1n) is 5.42. The highest BCUT2D eigenvalue weighted by Gasteiger charge is 2.07. The van der Waals surface area contributed by atoms with Crippen LogP contribution in [0.1, 0.15) is 19.7 Å². The van der Waals surface area contributed by atoms with Crippen LogP contribution in [0, 0.1) is 0 Å². The van der Waals surface area contributed by atoms with Crippen molar-refractivity contribution in [3.8, 4) is 0 Å². The number of hydrogen-bond donors (Lipinski definition) is 0. The molecule has 2 heterocycles. The molecule has 7 heteroatoms. The van der Waals surface area contributed by atoms with Gasteiger partial charge in [-0.25, -0.2) is 4.98 Å². The molecular weight excluding hydrogens is 272 g/mol. The Kier molecular flexibility index (Phi) is 4.87. The number of hydrogen-bond acceptors (Lipinski definition) is 6. The first-order chi connectivity index (χ1) is 8.33. The highest BCUT2D eigenvalue weighted by atomic mass is 32.2. The van der Waals surface area contributed by atoms with Crippen LogP contribution in [-0.4, -0.2) is 25.5 Å². The summed E-state index contributed by atoms with van der Waals surface area (Å²) in [6, 6.07) is 0. The van der Waals surface area contributed by atoms with Gasteiger partial charge in [-0.15, -0.1) is 10.2 Å². The largest absolute Gasteiger partial charge is 0.335 e. The van der Waals surface area contributed by atoms with E-state index < -0.39 is 0 Å². The van der Waals surface area contributed by atoms with Gasteiger partial charge in [0.2, 0.25) is 0 Å². The molecule has 92 valence electrons. The Hall–Kier alpha value is -0.530. The van der Waals surface area contributed by atoms with Crippen molar-refractivity contribution in [2.45, 2.75) is 34.8 Å². The van der Waals surface area contributed by atoms with E-state index in [0.29, 0.717) is 0 Å². The van der Waals surface area contributed by atoms with Gasteiger partial charge in [0, 0.05) is 18.9 Å². The van der Waals surface area contributed by atoms with Crippen molar-refractivity contribution in [1.82, 2.24) is 19.7 Å². The van der Waals surface area contributed by atoms with Crippen LogP contribution in [0.3, 0.4) is 0 Å². The summed E-state index contributed by atoms with van der Waals surface area (Å²) >= 11 is 5.10. The van der Waals surface area contributed by atoms with Gasteiger partial charge >= 0.3 is 0 Å². The Morgan fingerprint density at radius 2 is 2.00 bits per heavy atom. The predicted octanol–water partition coefficient (Wildman–Crippen LogP) is 3.16. The lowest BCUT2D eigenvalue weighted by Gasteiger charge is -2.01. The lowest BCUT2D eigenvalue weighted by molar-refractivity contribution is 0.725.